The zero-order valence-electron chi connectivity index (χ0n) is 10.4. The first kappa shape index (κ1) is 13.2. The lowest BCUT2D eigenvalue weighted by Gasteiger charge is -2.18. The summed E-state index contributed by atoms with van der Waals surface area (Å²) in [6.45, 7) is 1.98. The molecule has 1 aliphatic heterocycles. The van der Waals surface area contributed by atoms with Crippen LogP contribution in [0.15, 0.2) is 24.3 Å². The lowest BCUT2D eigenvalue weighted by Crippen LogP contribution is -2.25. The molecule has 0 fully saturated rings. The van der Waals surface area contributed by atoms with Crippen LogP contribution in [0, 0.1) is 0 Å². The van der Waals surface area contributed by atoms with Crippen LogP contribution in [-0.2, 0) is 18.7 Å². The van der Waals surface area contributed by atoms with E-state index in [1.807, 2.05) is 0 Å². The van der Waals surface area contributed by atoms with Gasteiger partial charge in [0.25, 0.3) is 0 Å². The van der Waals surface area contributed by atoms with Crippen molar-refractivity contribution in [1.82, 2.24) is 4.98 Å². The molecule has 5 heteroatoms. The number of anilines is 1. The molecule has 2 heterocycles. The summed E-state index contributed by atoms with van der Waals surface area (Å²) in [5.74, 6) is 0.435. The van der Waals surface area contributed by atoms with Crippen molar-refractivity contribution in [1.29, 1.82) is 0 Å². The van der Waals surface area contributed by atoms with E-state index < -0.39 is 0 Å². The minimum Gasteiger partial charge on any atom is -0.347 e. The molecule has 2 aromatic rings. The van der Waals surface area contributed by atoms with Crippen LogP contribution in [-0.4, -0.2) is 18.1 Å². The van der Waals surface area contributed by atoms with Crippen molar-refractivity contribution in [2.45, 2.75) is 18.7 Å². The molecule has 2 nitrogen and oxygen atoms in total. The van der Waals surface area contributed by atoms with E-state index >= 15 is 0 Å². The van der Waals surface area contributed by atoms with Crippen molar-refractivity contribution in [2.75, 3.05) is 18.0 Å². The maximum absolute atomic E-state index is 6.08. The van der Waals surface area contributed by atoms with Crippen molar-refractivity contribution in [3.8, 4) is 0 Å². The van der Waals surface area contributed by atoms with Gasteiger partial charge in [-0.15, -0.1) is 11.6 Å². The second-order valence-corrected chi connectivity index (χ2v) is 6.29. The number of alkyl halides is 1. The first-order valence-electron chi connectivity index (χ1n) is 6.31. The predicted molar refractivity (Wildman–Crippen MR) is 82.7 cm³/mol. The second kappa shape index (κ2) is 5.70. The van der Waals surface area contributed by atoms with E-state index in [0.717, 1.165) is 35.9 Å². The molecule has 1 aliphatic rings. The van der Waals surface area contributed by atoms with Crippen LogP contribution in [0.5, 0.6) is 0 Å². The Kier molecular flexibility index (Phi) is 3.96. The molecule has 100 valence electrons. The van der Waals surface area contributed by atoms with Gasteiger partial charge in [0.1, 0.15) is 5.15 Å². The summed E-state index contributed by atoms with van der Waals surface area (Å²) in [4.78, 5) is 7.71. The van der Waals surface area contributed by atoms with Gasteiger partial charge in [-0.25, -0.2) is 4.98 Å². The molecule has 0 radical (unpaired) electrons. The van der Waals surface area contributed by atoms with Crippen molar-refractivity contribution < 1.29 is 0 Å². The lowest BCUT2D eigenvalue weighted by molar-refractivity contribution is 0.801. The van der Waals surface area contributed by atoms with Crippen LogP contribution in [0.1, 0.15) is 16.0 Å². The molecule has 3 rings (SSSR count). The first-order chi connectivity index (χ1) is 9.28. The van der Waals surface area contributed by atoms with E-state index in [0.29, 0.717) is 11.0 Å². The predicted octanol–water partition coefficient (Wildman–Crippen LogP) is 4.14. The molecule has 19 heavy (non-hydrogen) atoms. The first-order valence-corrected chi connectivity index (χ1v) is 8.03. The van der Waals surface area contributed by atoms with Gasteiger partial charge < -0.3 is 4.90 Å². The highest BCUT2D eigenvalue weighted by atomic mass is 35.5. The topological polar surface area (TPSA) is 16.1 Å². The average Bonchev–Trinajstić information content (AvgIpc) is 2.68. The molecule has 0 N–H and O–H groups in total. The van der Waals surface area contributed by atoms with Crippen LogP contribution in [0.4, 0.5) is 5.13 Å². The molecule has 0 bridgehead atoms. The number of benzene rings is 1. The zero-order valence-corrected chi connectivity index (χ0v) is 12.7. The summed E-state index contributed by atoms with van der Waals surface area (Å²) in [5, 5.41) is 1.55. The average molecular weight is 313 g/mol. The zero-order chi connectivity index (χ0) is 13.2. The van der Waals surface area contributed by atoms with Crippen molar-refractivity contribution in [2.24, 2.45) is 0 Å². The SMILES string of the molecule is ClCc1sc(N2CCc3ccccc3CC2)nc1Cl. The number of aromatic nitrogens is 1. The van der Waals surface area contributed by atoms with Gasteiger partial charge in [-0.05, 0) is 24.0 Å². The van der Waals surface area contributed by atoms with Gasteiger partial charge in [0.15, 0.2) is 5.13 Å². The highest BCUT2D eigenvalue weighted by molar-refractivity contribution is 7.16. The van der Waals surface area contributed by atoms with Crippen LogP contribution >= 0.6 is 34.5 Å². The largest absolute Gasteiger partial charge is 0.347 e. The number of halogens is 2. The molecule has 0 saturated carbocycles. The molecule has 0 atom stereocenters. The van der Waals surface area contributed by atoms with Crippen LogP contribution < -0.4 is 4.90 Å². The van der Waals surface area contributed by atoms with E-state index in [4.69, 9.17) is 23.2 Å². The fourth-order valence-corrected chi connectivity index (χ4v) is 3.92. The van der Waals surface area contributed by atoms with Gasteiger partial charge >= 0.3 is 0 Å². The van der Waals surface area contributed by atoms with E-state index in [9.17, 15) is 0 Å². The maximum Gasteiger partial charge on any atom is 0.187 e. The number of hydrogen-bond donors (Lipinski definition) is 0. The van der Waals surface area contributed by atoms with Crippen LogP contribution in [0.2, 0.25) is 5.15 Å². The Balaban J connectivity index is 1.81. The summed E-state index contributed by atoms with van der Waals surface area (Å²) >= 11 is 13.5. The summed E-state index contributed by atoms with van der Waals surface area (Å²) in [5.41, 5.74) is 2.90. The fourth-order valence-electron chi connectivity index (χ4n) is 2.40. The normalized spacial score (nSPS) is 15.2. The van der Waals surface area contributed by atoms with E-state index in [1.165, 1.54) is 11.1 Å². The van der Waals surface area contributed by atoms with Gasteiger partial charge in [0.05, 0.1) is 10.8 Å². The quantitative estimate of drug-likeness (QED) is 0.775. The third kappa shape index (κ3) is 2.73. The smallest absolute Gasteiger partial charge is 0.187 e. The fraction of sp³-hybridized carbons (Fsp3) is 0.357. The molecule has 0 spiro atoms. The monoisotopic (exact) mass is 312 g/mol. The minimum atomic E-state index is 0.435. The van der Waals surface area contributed by atoms with Crippen molar-refractivity contribution in [3.63, 3.8) is 0 Å². The molecule has 1 aromatic carbocycles. The van der Waals surface area contributed by atoms with E-state index in [2.05, 4.69) is 34.1 Å². The number of rotatable bonds is 2. The Hall–Kier alpha value is -0.770. The Morgan fingerprint density at radius 1 is 1.16 bits per heavy atom. The van der Waals surface area contributed by atoms with Crippen molar-refractivity contribution in [3.05, 3.63) is 45.4 Å². The highest BCUT2D eigenvalue weighted by Crippen LogP contribution is 2.32. The van der Waals surface area contributed by atoms with E-state index in [-0.39, 0.29) is 0 Å². The standard InChI is InChI=1S/C14H14Cl2N2S/c15-9-12-13(16)17-14(19-12)18-7-5-10-3-1-2-4-11(10)6-8-18/h1-4H,5-9H2. The van der Waals surface area contributed by atoms with Gasteiger partial charge in [-0.3, -0.25) is 0 Å². The Bertz CT molecular complexity index is 556. The second-order valence-electron chi connectivity index (χ2n) is 4.60. The lowest BCUT2D eigenvalue weighted by atomic mass is 10.0. The van der Waals surface area contributed by atoms with Crippen LogP contribution in [0.25, 0.3) is 0 Å². The third-order valence-corrected chi connectivity index (χ3v) is 5.42. The molecule has 0 saturated heterocycles. The van der Waals surface area contributed by atoms with Gasteiger partial charge in [0.2, 0.25) is 0 Å². The number of thiazole rings is 1. The maximum atomic E-state index is 6.08. The summed E-state index contributed by atoms with van der Waals surface area (Å²) in [6.07, 6.45) is 2.12. The number of hydrogen-bond acceptors (Lipinski definition) is 3. The van der Waals surface area contributed by atoms with Gasteiger partial charge in [0, 0.05) is 13.1 Å². The van der Waals surface area contributed by atoms with Crippen LogP contribution in [0.3, 0.4) is 0 Å². The summed E-state index contributed by atoms with van der Waals surface area (Å²) in [7, 11) is 0. The van der Waals surface area contributed by atoms with Crippen molar-refractivity contribution >= 4 is 39.7 Å². The molecular formula is C14H14Cl2N2S. The molecular weight excluding hydrogens is 299 g/mol. The Labute approximate surface area is 127 Å². The third-order valence-electron chi connectivity index (χ3n) is 3.45. The Morgan fingerprint density at radius 2 is 1.79 bits per heavy atom. The molecule has 0 unspecified atom stereocenters. The molecule has 0 amide bonds. The minimum absolute atomic E-state index is 0.435. The Morgan fingerprint density at radius 3 is 2.32 bits per heavy atom. The molecule has 1 aromatic heterocycles. The van der Waals surface area contributed by atoms with Gasteiger partial charge in [-0.1, -0.05) is 47.2 Å². The summed E-state index contributed by atoms with van der Waals surface area (Å²) in [6, 6.07) is 8.66. The van der Waals surface area contributed by atoms with E-state index in [1.54, 1.807) is 11.3 Å². The number of fused-ring (bicyclic) bond motifs is 1. The highest BCUT2D eigenvalue weighted by Gasteiger charge is 2.18. The van der Waals surface area contributed by atoms with Gasteiger partial charge in [-0.2, -0.15) is 0 Å². The molecule has 0 aliphatic carbocycles. The summed E-state index contributed by atoms with van der Waals surface area (Å²) < 4.78 is 0. The number of nitrogens with zero attached hydrogens (tertiary/aromatic N) is 2.